The van der Waals surface area contributed by atoms with E-state index in [1.54, 1.807) is 6.07 Å². The second kappa shape index (κ2) is 4.46. The predicted molar refractivity (Wildman–Crippen MR) is 48.0 cm³/mol. The Kier molecular flexibility index (Phi) is 3.29. The first-order chi connectivity index (χ1) is 6.72. The van der Waals surface area contributed by atoms with Crippen molar-refractivity contribution in [2.75, 3.05) is 7.11 Å². The minimum absolute atomic E-state index is 0.120. The monoisotopic (exact) mass is 194 g/mol. The van der Waals surface area contributed by atoms with E-state index in [0.29, 0.717) is 5.56 Å². The zero-order chi connectivity index (χ0) is 10.6. The molecule has 0 aliphatic rings. The number of hydrogen-bond donors (Lipinski definition) is 3. The fraction of sp³-hybridized carbons (Fsp3) is 0.222. The van der Waals surface area contributed by atoms with E-state index in [1.165, 1.54) is 13.2 Å². The normalized spacial score (nSPS) is 9.50. The molecule has 5 heteroatoms. The number of hydrogen-bond acceptors (Lipinski definition) is 5. The first-order valence-corrected chi connectivity index (χ1v) is 3.90. The van der Waals surface area contributed by atoms with Gasteiger partial charge in [0, 0.05) is 6.54 Å². The molecular formula is C9H10N2O3. The van der Waals surface area contributed by atoms with Crippen molar-refractivity contribution in [2.24, 2.45) is 0 Å². The van der Waals surface area contributed by atoms with Gasteiger partial charge in [0.1, 0.15) is 6.07 Å². The van der Waals surface area contributed by atoms with Crippen LogP contribution in [0.3, 0.4) is 0 Å². The van der Waals surface area contributed by atoms with Crippen LogP contribution in [-0.2, 0) is 6.54 Å². The molecule has 0 aliphatic heterocycles. The molecule has 5 nitrogen and oxygen atoms in total. The number of ether oxygens (including phenoxy) is 1. The van der Waals surface area contributed by atoms with Gasteiger partial charge in [0.25, 0.3) is 0 Å². The zero-order valence-corrected chi connectivity index (χ0v) is 7.61. The molecule has 0 heterocycles. The summed E-state index contributed by atoms with van der Waals surface area (Å²) >= 11 is 0. The predicted octanol–water partition coefficient (Wildman–Crippen LogP) is 0.751. The maximum atomic E-state index is 9.45. The molecule has 1 aromatic rings. The molecule has 1 rings (SSSR count). The molecule has 14 heavy (non-hydrogen) atoms. The number of rotatable bonds is 3. The third-order valence-electron chi connectivity index (χ3n) is 1.76. The van der Waals surface area contributed by atoms with E-state index in [9.17, 15) is 5.11 Å². The Bertz CT molecular complexity index is 371. The van der Waals surface area contributed by atoms with Gasteiger partial charge < -0.3 is 15.1 Å². The van der Waals surface area contributed by atoms with Crippen LogP contribution < -0.4 is 10.2 Å². The van der Waals surface area contributed by atoms with Gasteiger partial charge >= 0.3 is 0 Å². The van der Waals surface area contributed by atoms with E-state index in [1.807, 2.05) is 11.5 Å². The molecule has 74 valence electrons. The quantitative estimate of drug-likeness (QED) is 0.618. The van der Waals surface area contributed by atoms with Crippen molar-refractivity contribution in [3.8, 4) is 17.6 Å². The van der Waals surface area contributed by atoms with Gasteiger partial charge in [-0.3, -0.25) is 0 Å². The summed E-state index contributed by atoms with van der Waals surface area (Å²) in [5.74, 6) is 0.0333. The van der Waals surface area contributed by atoms with Crippen molar-refractivity contribution < 1.29 is 15.1 Å². The van der Waals surface area contributed by atoms with Crippen LogP contribution in [0.15, 0.2) is 12.1 Å². The summed E-state index contributed by atoms with van der Waals surface area (Å²) in [6, 6.07) is 4.84. The molecule has 1 aromatic carbocycles. The van der Waals surface area contributed by atoms with E-state index >= 15 is 0 Å². The third kappa shape index (κ3) is 1.93. The van der Waals surface area contributed by atoms with Crippen LogP contribution >= 0.6 is 0 Å². The molecule has 0 bridgehead atoms. The van der Waals surface area contributed by atoms with Gasteiger partial charge in [0.05, 0.1) is 12.7 Å². The molecule has 0 aliphatic carbocycles. The van der Waals surface area contributed by atoms with Gasteiger partial charge in [-0.15, -0.1) is 0 Å². The summed E-state index contributed by atoms with van der Waals surface area (Å²) in [4.78, 5) is 0. The standard InChI is InChI=1S/C9H10N2O3/c1-14-8-3-6(5-11-13)2-7(4-10)9(8)12/h2-3,11-13H,5H2,1H3. The molecule has 0 radical (unpaired) electrons. The molecule has 0 spiro atoms. The lowest BCUT2D eigenvalue weighted by molar-refractivity contribution is 0.161. The number of benzene rings is 1. The van der Waals surface area contributed by atoms with Gasteiger partial charge in [-0.25, -0.2) is 5.48 Å². The minimum atomic E-state index is -0.184. The van der Waals surface area contributed by atoms with Crippen molar-refractivity contribution in [3.05, 3.63) is 23.3 Å². The van der Waals surface area contributed by atoms with Crippen LogP contribution in [0.1, 0.15) is 11.1 Å². The van der Waals surface area contributed by atoms with Crippen LogP contribution in [0.5, 0.6) is 11.5 Å². The zero-order valence-electron chi connectivity index (χ0n) is 7.61. The highest BCUT2D eigenvalue weighted by molar-refractivity contribution is 5.53. The van der Waals surface area contributed by atoms with Gasteiger partial charge in [0.15, 0.2) is 11.5 Å². The molecule has 0 unspecified atom stereocenters. The second-order valence-electron chi connectivity index (χ2n) is 2.64. The largest absolute Gasteiger partial charge is 0.503 e. The summed E-state index contributed by atoms with van der Waals surface area (Å²) < 4.78 is 4.86. The average Bonchev–Trinajstić information content (AvgIpc) is 2.20. The Morgan fingerprint density at radius 2 is 2.29 bits per heavy atom. The number of nitriles is 1. The fourth-order valence-corrected chi connectivity index (χ4v) is 1.10. The summed E-state index contributed by atoms with van der Waals surface area (Å²) in [6.45, 7) is 0.186. The van der Waals surface area contributed by atoms with Crippen molar-refractivity contribution >= 4 is 0 Å². The smallest absolute Gasteiger partial charge is 0.175 e. The third-order valence-corrected chi connectivity index (χ3v) is 1.76. The molecular weight excluding hydrogens is 184 g/mol. The Hall–Kier alpha value is -1.77. The van der Waals surface area contributed by atoms with Crippen molar-refractivity contribution in [1.29, 1.82) is 5.26 Å². The number of hydroxylamine groups is 1. The highest BCUT2D eigenvalue weighted by Gasteiger charge is 2.09. The van der Waals surface area contributed by atoms with Crippen LogP contribution in [-0.4, -0.2) is 17.4 Å². The summed E-state index contributed by atoms with van der Waals surface area (Å²) in [5, 5.41) is 26.6. The molecule has 3 N–H and O–H groups in total. The first-order valence-electron chi connectivity index (χ1n) is 3.90. The lowest BCUT2D eigenvalue weighted by Crippen LogP contribution is -2.06. The molecule has 0 saturated carbocycles. The molecule has 0 fully saturated rings. The summed E-state index contributed by atoms with van der Waals surface area (Å²) in [6.07, 6.45) is 0. The van der Waals surface area contributed by atoms with Crippen LogP contribution in [0.25, 0.3) is 0 Å². The highest BCUT2D eigenvalue weighted by atomic mass is 16.5. The number of aromatic hydroxyl groups is 1. The van der Waals surface area contributed by atoms with Gasteiger partial charge in [-0.05, 0) is 17.7 Å². The van der Waals surface area contributed by atoms with Crippen LogP contribution in [0.2, 0.25) is 0 Å². The summed E-state index contributed by atoms with van der Waals surface area (Å²) in [7, 11) is 1.40. The second-order valence-corrected chi connectivity index (χ2v) is 2.64. The van der Waals surface area contributed by atoms with Crippen LogP contribution in [0.4, 0.5) is 0 Å². The summed E-state index contributed by atoms with van der Waals surface area (Å²) in [5.41, 5.74) is 2.73. The van der Waals surface area contributed by atoms with E-state index < -0.39 is 0 Å². The number of methoxy groups -OCH3 is 1. The lowest BCUT2D eigenvalue weighted by Gasteiger charge is -2.07. The number of phenols is 1. The molecule has 0 saturated heterocycles. The van der Waals surface area contributed by atoms with Crippen molar-refractivity contribution in [2.45, 2.75) is 6.54 Å². The van der Waals surface area contributed by atoms with Gasteiger partial charge in [-0.1, -0.05) is 0 Å². The molecule has 0 amide bonds. The lowest BCUT2D eigenvalue weighted by atomic mass is 10.1. The Morgan fingerprint density at radius 1 is 1.57 bits per heavy atom. The Morgan fingerprint density at radius 3 is 2.79 bits per heavy atom. The van der Waals surface area contributed by atoms with E-state index in [-0.39, 0.29) is 23.6 Å². The Balaban J connectivity index is 3.19. The maximum absolute atomic E-state index is 9.45. The van der Waals surface area contributed by atoms with E-state index in [0.717, 1.165) is 0 Å². The molecule has 0 aromatic heterocycles. The fourth-order valence-electron chi connectivity index (χ4n) is 1.10. The van der Waals surface area contributed by atoms with Gasteiger partial charge in [0.2, 0.25) is 0 Å². The first kappa shape index (κ1) is 10.3. The Labute approximate surface area is 81.1 Å². The average molecular weight is 194 g/mol. The topological polar surface area (TPSA) is 85.5 Å². The van der Waals surface area contributed by atoms with Crippen molar-refractivity contribution in [1.82, 2.24) is 5.48 Å². The van der Waals surface area contributed by atoms with Crippen molar-refractivity contribution in [3.63, 3.8) is 0 Å². The minimum Gasteiger partial charge on any atom is -0.503 e. The SMILES string of the molecule is COc1cc(CNO)cc(C#N)c1O. The highest BCUT2D eigenvalue weighted by Crippen LogP contribution is 2.30. The number of nitrogens with one attached hydrogen (secondary N) is 1. The number of phenolic OH excluding ortho intramolecular Hbond substituents is 1. The molecule has 0 atom stereocenters. The maximum Gasteiger partial charge on any atom is 0.175 e. The number of nitrogens with zero attached hydrogens (tertiary/aromatic N) is 1. The van der Waals surface area contributed by atoms with Crippen LogP contribution in [0, 0.1) is 11.3 Å². The van der Waals surface area contributed by atoms with E-state index in [2.05, 4.69) is 0 Å². The van der Waals surface area contributed by atoms with Gasteiger partial charge in [-0.2, -0.15) is 5.26 Å². The van der Waals surface area contributed by atoms with E-state index in [4.69, 9.17) is 15.2 Å².